The van der Waals surface area contributed by atoms with Crippen LogP contribution in [0.15, 0.2) is 17.5 Å². The Morgan fingerprint density at radius 1 is 1.17 bits per heavy atom. The van der Waals surface area contributed by atoms with Gasteiger partial charge in [-0.15, -0.1) is 22.9 Å². The highest BCUT2D eigenvalue weighted by Gasteiger charge is 1.93. The molecule has 0 aliphatic rings. The standard InChI is InChI=1S/C10H15ClS/c11-8-4-2-1-3-6-10-7-5-9-12-10/h5,7,9H,1-4,6,8H2. The van der Waals surface area contributed by atoms with Crippen molar-refractivity contribution in [1.29, 1.82) is 0 Å². The summed E-state index contributed by atoms with van der Waals surface area (Å²) in [5.74, 6) is 0.818. The van der Waals surface area contributed by atoms with Crippen LogP contribution in [0.2, 0.25) is 0 Å². The topological polar surface area (TPSA) is 0 Å². The van der Waals surface area contributed by atoms with Crippen LogP contribution in [0.25, 0.3) is 0 Å². The van der Waals surface area contributed by atoms with Crippen LogP contribution in [0, 0.1) is 0 Å². The number of unbranched alkanes of at least 4 members (excludes halogenated alkanes) is 3. The lowest BCUT2D eigenvalue weighted by atomic mass is 10.1. The van der Waals surface area contributed by atoms with Crippen LogP contribution in [-0.4, -0.2) is 5.88 Å². The molecule has 0 aliphatic carbocycles. The Kier molecular flexibility index (Phi) is 5.46. The van der Waals surface area contributed by atoms with Gasteiger partial charge in [0.25, 0.3) is 0 Å². The number of thiophene rings is 1. The molecule has 1 heterocycles. The molecule has 0 unspecified atom stereocenters. The lowest BCUT2D eigenvalue weighted by Gasteiger charge is -1.97. The molecule has 0 saturated heterocycles. The molecule has 0 aliphatic heterocycles. The van der Waals surface area contributed by atoms with Crippen molar-refractivity contribution in [3.05, 3.63) is 22.4 Å². The normalized spacial score (nSPS) is 10.4. The van der Waals surface area contributed by atoms with E-state index < -0.39 is 0 Å². The summed E-state index contributed by atoms with van der Waals surface area (Å²) in [6, 6.07) is 4.34. The second kappa shape index (κ2) is 6.50. The average molecular weight is 203 g/mol. The number of rotatable bonds is 6. The summed E-state index contributed by atoms with van der Waals surface area (Å²) < 4.78 is 0. The summed E-state index contributed by atoms with van der Waals surface area (Å²) in [7, 11) is 0. The average Bonchev–Trinajstić information content (AvgIpc) is 2.57. The minimum atomic E-state index is 0.818. The molecule has 0 atom stereocenters. The minimum absolute atomic E-state index is 0.818. The molecule has 1 rings (SSSR count). The van der Waals surface area contributed by atoms with Gasteiger partial charge in [0.2, 0.25) is 0 Å². The molecule has 0 spiro atoms. The molecule has 2 heteroatoms. The predicted molar refractivity (Wildman–Crippen MR) is 57.2 cm³/mol. The zero-order valence-corrected chi connectivity index (χ0v) is 8.83. The van der Waals surface area contributed by atoms with Crippen molar-refractivity contribution >= 4 is 22.9 Å². The van der Waals surface area contributed by atoms with E-state index in [4.69, 9.17) is 11.6 Å². The first-order valence-electron chi connectivity index (χ1n) is 4.52. The fourth-order valence-corrected chi connectivity index (χ4v) is 2.14. The maximum atomic E-state index is 5.58. The van der Waals surface area contributed by atoms with Gasteiger partial charge >= 0.3 is 0 Å². The van der Waals surface area contributed by atoms with Gasteiger partial charge in [0.05, 0.1) is 0 Å². The monoisotopic (exact) mass is 202 g/mol. The third-order valence-corrected chi connectivity index (χ3v) is 3.09. The molecular weight excluding hydrogens is 188 g/mol. The predicted octanol–water partition coefficient (Wildman–Crippen LogP) is 4.09. The van der Waals surface area contributed by atoms with E-state index in [0.29, 0.717) is 0 Å². The second-order valence-electron chi connectivity index (χ2n) is 2.93. The van der Waals surface area contributed by atoms with Crippen LogP contribution in [0.4, 0.5) is 0 Å². The molecular formula is C10H15ClS. The number of halogens is 1. The van der Waals surface area contributed by atoms with Crippen LogP contribution in [0.5, 0.6) is 0 Å². The molecule has 0 bridgehead atoms. The van der Waals surface area contributed by atoms with E-state index in [-0.39, 0.29) is 0 Å². The number of aryl methyl sites for hydroxylation is 1. The summed E-state index contributed by atoms with van der Waals surface area (Å²) in [5.41, 5.74) is 0. The van der Waals surface area contributed by atoms with Gasteiger partial charge in [0, 0.05) is 10.8 Å². The molecule has 0 N–H and O–H groups in total. The Labute approximate surface area is 83.6 Å². The largest absolute Gasteiger partial charge is 0.149 e. The van der Waals surface area contributed by atoms with Crippen molar-refractivity contribution in [3.8, 4) is 0 Å². The Bertz CT molecular complexity index is 182. The SMILES string of the molecule is ClCCCCCCc1cccs1. The van der Waals surface area contributed by atoms with Crippen molar-refractivity contribution in [2.24, 2.45) is 0 Å². The van der Waals surface area contributed by atoms with Gasteiger partial charge < -0.3 is 0 Å². The highest BCUT2D eigenvalue weighted by atomic mass is 35.5. The van der Waals surface area contributed by atoms with E-state index in [1.54, 1.807) is 0 Å². The molecule has 0 saturated carbocycles. The maximum Gasteiger partial charge on any atom is 0.0223 e. The second-order valence-corrected chi connectivity index (χ2v) is 4.34. The Hall–Kier alpha value is -0.0100. The van der Waals surface area contributed by atoms with E-state index >= 15 is 0 Å². The number of alkyl halides is 1. The highest BCUT2D eigenvalue weighted by Crippen LogP contribution is 2.13. The first-order valence-corrected chi connectivity index (χ1v) is 5.93. The zero-order chi connectivity index (χ0) is 8.65. The maximum absolute atomic E-state index is 5.58. The molecule has 0 fully saturated rings. The van der Waals surface area contributed by atoms with E-state index in [1.807, 2.05) is 11.3 Å². The zero-order valence-electron chi connectivity index (χ0n) is 7.26. The van der Waals surface area contributed by atoms with Gasteiger partial charge in [-0.2, -0.15) is 0 Å². The van der Waals surface area contributed by atoms with Gasteiger partial charge in [-0.3, -0.25) is 0 Å². The fourth-order valence-electron chi connectivity index (χ4n) is 1.20. The van der Waals surface area contributed by atoms with Gasteiger partial charge in [0.1, 0.15) is 0 Å². The first kappa shape index (κ1) is 10.1. The van der Waals surface area contributed by atoms with Crippen molar-refractivity contribution in [2.75, 3.05) is 5.88 Å². The Balaban J connectivity index is 1.96. The summed E-state index contributed by atoms with van der Waals surface area (Å²) in [6.45, 7) is 0. The van der Waals surface area contributed by atoms with E-state index in [1.165, 1.54) is 37.0 Å². The highest BCUT2D eigenvalue weighted by molar-refractivity contribution is 7.09. The van der Waals surface area contributed by atoms with Crippen molar-refractivity contribution in [1.82, 2.24) is 0 Å². The smallest absolute Gasteiger partial charge is 0.0223 e. The molecule has 68 valence electrons. The third-order valence-electron chi connectivity index (χ3n) is 1.89. The molecule has 0 amide bonds. The van der Waals surface area contributed by atoms with Gasteiger partial charge in [0.15, 0.2) is 0 Å². The van der Waals surface area contributed by atoms with E-state index in [9.17, 15) is 0 Å². The molecule has 0 aromatic carbocycles. The van der Waals surface area contributed by atoms with Gasteiger partial charge in [-0.1, -0.05) is 18.9 Å². The molecule has 12 heavy (non-hydrogen) atoms. The lowest BCUT2D eigenvalue weighted by Crippen LogP contribution is -1.82. The minimum Gasteiger partial charge on any atom is -0.149 e. The fraction of sp³-hybridized carbons (Fsp3) is 0.600. The summed E-state index contributed by atoms with van der Waals surface area (Å²) in [4.78, 5) is 1.51. The third kappa shape index (κ3) is 4.13. The van der Waals surface area contributed by atoms with Crippen molar-refractivity contribution in [2.45, 2.75) is 32.1 Å². The first-order chi connectivity index (χ1) is 5.93. The van der Waals surface area contributed by atoms with Crippen molar-refractivity contribution < 1.29 is 0 Å². The quantitative estimate of drug-likeness (QED) is 0.482. The van der Waals surface area contributed by atoms with Crippen LogP contribution in [0.3, 0.4) is 0 Å². The van der Waals surface area contributed by atoms with Crippen LogP contribution >= 0.6 is 22.9 Å². The molecule has 0 radical (unpaired) electrons. The van der Waals surface area contributed by atoms with Gasteiger partial charge in [-0.05, 0) is 30.7 Å². The number of hydrogen-bond donors (Lipinski definition) is 0. The van der Waals surface area contributed by atoms with E-state index in [2.05, 4.69) is 17.5 Å². The lowest BCUT2D eigenvalue weighted by molar-refractivity contribution is 0.672. The van der Waals surface area contributed by atoms with E-state index in [0.717, 1.165) is 5.88 Å². The van der Waals surface area contributed by atoms with Crippen LogP contribution in [-0.2, 0) is 6.42 Å². The molecule has 1 aromatic rings. The Morgan fingerprint density at radius 2 is 2.00 bits per heavy atom. The number of hydrogen-bond acceptors (Lipinski definition) is 1. The molecule has 1 aromatic heterocycles. The Morgan fingerprint density at radius 3 is 2.67 bits per heavy atom. The molecule has 0 nitrogen and oxygen atoms in total. The van der Waals surface area contributed by atoms with Gasteiger partial charge in [-0.25, -0.2) is 0 Å². The summed E-state index contributed by atoms with van der Waals surface area (Å²) in [5, 5.41) is 2.15. The summed E-state index contributed by atoms with van der Waals surface area (Å²) in [6.07, 6.45) is 6.35. The van der Waals surface area contributed by atoms with Crippen molar-refractivity contribution in [3.63, 3.8) is 0 Å². The summed E-state index contributed by atoms with van der Waals surface area (Å²) >= 11 is 7.44. The van der Waals surface area contributed by atoms with Crippen LogP contribution < -0.4 is 0 Å². The van der Waals surface area contributed by atoms with Crippen LogP contribution in [0.1, 0.15) is 30.6 Å².